The molecule has 0 aromatic carbocycles. The Hall–Kier alpha value is -1.03. The Bertz CT molecular complexity index is 400. The Morgan fingerprint density at radius 3 is 2.82 bits per heavy atom. The van der Waals surface area contributed by atoms with Gasteiger partial charge in [0.15, 0.2) is 5.65 Å². The highest BCUT2D eigenvalue weighted by molar-refractivity contribution is 6.34. The predicted molar refractivity (Wildman–Crippen MR) is 41.8 cm³/mol. The predicted octanol–water partition coefficient (Wildman–Crippen LogP) is 1.33. The lowest BCUT2D eigenvalue weighted by Gasteiger charge is -1.80. The minimum atomic E-state index is 0.644. The normalized spacial score (nSPS) is 11.2. The largest absolute Gasteiger partial charge is 0.258 e. The zero-order chi connectivity index (χ0) is 8.01. The van der Waals surface area contributed by atoms with E-state index in [1.807, 2.05) is 13.8 Å². The standard InChI is InChI=1S/C6H7ClN4/c1-3-5(7)6-9-8-4(2)11(6)10-3/h9H,1-2H3. The van der Waals surface area contributed by atoms with Crippen molar-refractivity contribution in [1.29, 1.82) is 0 Å². The number of aryl methyl sites for hydroxylation is 2. The number of nitrogens with one attached hydrogen (secondary N) is 1. The molecule has 0 saturated heterocycles. The molecule has 0 atom stereocenters. The number of halogens is 1. The smallest absolute Gasteiger partial charge is 0.170 e. The molecule has 0 bridgehead atoms. The van der Waals surface area contributed by atoms with Crippen LogP contribution in [0.1, 0.15) is 11.5 Å². The fraction of sp³-hybridized carbons (Fsp3) is 0.333. The molecule has 0 saturated carbocycles. The van der Waals surface area contributed by atoms with Crippen LogP contribution in [-0.2, 0) is 0 Å². The highest BCUT2D eigenvalue weighted by Crippen LogP contribution is 2.19. The number of fused-ring (bicyclic) bond motifs is 1. The van der Waals surface area contributed by atoms with E-state index in [1.165, 1.54) is 0 Å². The van der Waals surface area contributed by atoms with E-state index < -0.39 is 0 Å². The summed E-state index contributed by atoms with van der Waals surface area (Å²) in [7, 11) is 0. The molecule has 0 unspecified atom stereocenters. The molecule has 2 heterocycles. The summed E-state index contributed by atoms with van der Waals surface area (Å²) < 4.78 is 1.69. The van der Waals surface area contributed by atoms with E-state index in [1.54, 1.807) is 4.52 Å². The van der Waals surface area contributed by atoms with Gasteiger partial charge in [-0.2, -0.15) is 14.7 Å². The Balaban J connectivity index is 2.93. The second kappa shape index (κ2) is 1.98. The molecule has 0 amide bonds. The van der Waals surface area contributed by atoms with E-state index in [-0.39, 0.29) is 0 Å². The SMILES string of the molecule is Cc1nn2c(C)n[nH]c2c1Cl. The number of rotatable bonds is 0. The first-order valence-electron chi connectivity index (χ1n) is 3.26. The van der Waals surface area contributed by atoms with E-state index in [9.17, 15) is 0 Å². The lowest BCUT2D eigenvalue weighted by Crippen LogP contribution is -1.87. The summed E-state index contributed by atoms with van der Waals surface area (Å²) in [5, 5.41) is 11.6. The Labute approximate surface area is 68.2 Å². The molecule has 2 aromatic heterocycles. The average molecular weight is 171 g/mol. The number of aromatic nitrogens is 4. The molecule has 0 aliphatic heterocycles. The van der Waals surface area contributed by atoms with Crippen molar-refractivity contribution in [3.05, 3.63) is 16.5 Å². The molecule has 11 heavy (non-hydrogen) atoms. The first-order chi connectivity index (χ1) is 5.20. The highest BCUT2D eigenvalue weighted by atomic mass is 35.5. The van der Waals surface area contributed by atoms with Crippen LogP contribution < -0.4 is 0 Å². The van der Waals surface area contributed by atoms with E-state index in [4.69, 9.17) is 11.6 Å². The van der Waals surface area contributed by atoms with Gasteiger partial charge in [0, 0.05) is 0 Å². The molecule has 2 aromatic rings. The summed E-state index contributed by atoms with van der Waals surface area (Å²) in [5.74, 6) is 0.815. The Kier molecular flexibility index (Phi) is 1.20. The van der Waals surface area contributed by atoms with Crippen LogP contribution in [0.3, 0.4) is 0 Å². The number of nitrogens with zero attached hydrogens (tertiary/aromatic N) is 3. The molecular formula is C6H7ClN4. The van der Waals surface area contributed by atoms with Gasteiger partial charge in [0.25, 0.3) is 0 Å². The topological polar surface area (TPSA) is 46.0 Å². The third-order valence-electron chi connectivity index (χ3n) is 1.62. The zero-order valence-electron chi connectivity index (χ0n) is 6.22. The van der Waals surface area contributed by atoms with Crippen LogP contribution in [0.25, 0.3) is 5.65 Å². The van der Waals surface area contributed by atoms with Crippen LogP contribution in [0.5, 0.6) is 0 Å². The molecule has 0 aliphatic rings. The van der Waals surface area contributed by atoms with Crippen molar-refractivity contribution in [3.63, 3.8) is 0 Å². The van der Waals surface area contributed by atoms with Gasteiger partial charge in [0.1, 0.15) is 10.8 Å². The maximum Gasteiger partial charge on any atom is 0.170 e. The van der Waals surface area contributed by atoms with Gasteiger partial charge < -0.3 is 0 Å². The van der Waals surface area contributed by atoms with Crippen molar-refractivity contribution < 1.29 is 0 Å². The van der Waals surface area contributed by atoms with Crippen molar-refractivity contribution in [2.24, 2.45) is 0 Å². The number of aromatic amines is 1. The van der Waals surface area contributed by atoms with Crippen molar-refractivity contribution in [2.45, 2.75) is 13.8 Å². The monoisotopic (exact) mass is 170 g/mol. The first-order valence-corrected chi connectivity index (χ1v) is 3.63. The molecule has 2 rings (SSSR count). The zero-order valence-corrected chi connectivity index (χ0v) is 6.98. The van der Waals surface area contributed by atoms with Crippen molar-refractivity contribution in [1.82, 2.24) is 19.8 Å². The fourth-order valence-electron chi connectivity index (χ4n) is 1.02. The summed E-state index contributed by atoms with van der Waals surface area (Å²) in [5.41, 5.74) is 1.59. The van der Waals surface area contributed by atoms with Crippen LogP contribution in [0.2, 0.25) is 5.02 Å². The first kappa shape index (κ1) is 6.67. The maximum absolute atomic E-state index is 5.90. The minimum absolute atomic E-state index is 0.644. The van der Waals surface area contributed by atoms with Crippen LogP contribution >= 0.6 is 11.6 Å². The number of H-pyrrole nitrogens is 1. The van der Waals surface area contributed by atoms with Gasteiger partial charge in [-0.25, -0.2) is 0 Å². The molecular weight excluding hydrogens is 164 g/mol. The van der Waals surface area contributed by atoms with Crippen molar-refractivity contribution >= 4 is 17.2 Å². The second-order valence-corrected chi connectivity index (χ2v) is 2.81. The van der Waals surface area contributed by atoms with Gasteiger partial charge in [-0.3, -0.25) is 5.10 Å². The van der Waals surface area contributed by atoms with Crippen molar-refractivity contribution in [3.8, 4) is 0 Å². The fourth-order valence-corrected chi connectivity index (χ4v) is 1.18. The van der Waals surface area contributed by atoms with Gasteiger partial charge in [-0.05, 0) is 13.8 Å². The molecule has 5 heteroatoms. The molecule has 0 spiro atoms. The summed E-state index contributed by atoms with van der Waals surface area (Å²) >= 11 is 5.90. The van der Waals surface area contributed by atoms with Gasteiger partial charge >= 0.3 is 0 Å². The summed E-state index contributed by atoms with van der Waals surface area (Å²) in [6, 6.07) is 0. The number of hydrogen-bond donors (Lipinski definition) is 1. The third-order valence-corrected chi connectivity index (χ3v) is 2.07. The Morgan fingerprint density at radius 1 is 1.45 bits per heavy atom. The lowest BCUT2D eigenvalue weighted by atomic mass is 10.5. The van der Waals surface area contributed by atoms with Crippen molar-refractivity contribution in [2.75, 3.05) is 0 Å². The van der Waals surface area contributed by atoms with Gasteiger partial charge in [0.2, 0.25) is 0 Å². The van der Waals surface area contributed by atoms with E-state index in [0.717, 1.165) is 17.2 Å². The highest BCUT2D eigenvalue weighted by Gasteiger charge is 2.09. The third kappa shape index (κ3) is 0.758. The Morgan fingerprint density at radius 2 is 2.18 bits per heavy atom. The molecule has 0 fully saturated rings. The van der Waals surface area contributed by atoms with E-state index >= 15 is 0 Å². The summed E-state index contributed by atoms with van der Waals surface area (Å²) in [6.07, 6.45) is 0. The van der Waals surface area contributed by atoms with Gasteiger partial charge in [0.05, 0.1) is 5.69 Å². The van der Waals surface area contributed by atoms with Gasteiger partial charge in [-0.15, -0.1) is 0 Å². The van der Waals surface area contributed by atoms with Gasteiger partial charge in [-0.1, -0.05) is 11.6 Å². The minimum Gasteiger partial charge on any atom is -0.258 e. The van der Waals surface area contributed by atoms with E-state index in [0.29, 0.717) is 5.02 Å². The quantitative estimate of drug-likeness (QED) is 0.649. The molecule has 4 nitrogen and oxygen atoms in total. The van der Waals surface area contributed by atoms with Crippen LogP contribution in [-0.4, -0.2) is 19.8 Å². The lowest BCUT2D eigenvalue weighted by molar-refractivity contribution is 0.876. The molecule has 0 radical (unpaired) electrons. The number of hydrogen-bond acceptors (Lipinski definition) is 2. The van der Waals surface area contributed by atoms with Crippen LogP contribution in [0.4, 0.5) is 0 Å². The maximum atomic E-state index is 5.90. The van der Waals surface area contributed by atoms with Crippen LogP contribution in [0, 0.1) is 13.8 Å². The second-order valence-electron chi connectivity index (χ2n) is 2.43. The van der Waals surface area contributed by atoms with E-state index in [2.05, 4.69) is 15.3 Å². The summed E-state index contributed by atoms with van der Waals surface area (Å²) in [6.45, 7) is 3.73. The average Bonchev–Trinajstić information content (AvgIpc) is 2.43. The summed E-state index contributed by atoms with van der Waals surface area (Å²) in [4.78, 5) is 0. The molecule has 0 aliphatic carbocycles. The molecule has 58 valence electrons. The van der Waals surface area contributed by atoms with Crippen LogP contribution in [0.15, 0.2) is 0 Å². The molecule has 1 N–H and O–H groups in total.